The van der Waals surface area contributed by atoms with E-state index in [0.29, 0.717) is 0 Å². The van der Waals surface area contributed by atoms with Crippen LogP contribution in [0.25, 0.3) is 22.4 Å². The van der Waals surface area contributed by atoms with E-state index >= 15 is 0 Å². The first kappa shape index (κ1) is 10.4. The zero-order chi connectivity index (χ0) is 11.7. The Morgan fingerprint density at radius 2 is 1.82 bits per heavy atom. The van der Waals surface area contributed by atoms with Gasteiger partial charge < -0.3 is 4.98 Å². The molecule has 17 heavy (non-hydrogen) atoms. The summed E-state index contributed by atoms with van der Waals surface area (Å²) in [4.78, 5) is 9.26. The fourth-order valence-corrected chi connectivity index (χ4v) is 2.48. The van der Waals surface area contributed by atoms with Gasteiger partial charge in [0, 0.05) is 10.5 Å². The van der Waals surface area contributed by atoms with Crippen LogP contribution in [-0.2, 0) is 0 Å². The third kappa shape index (κ3) is 1.83. The third-order valence-electron chi connectivity index (χ3n) is 2.75. The Morgan fingerprint density at radius 3 is 2.59 bits per heavy atom. The van der Waals surface area contributed by atoms with Gasteiger partial charge in [0.1, 0.15) is 5.82 Å². The van der Waals surface area contributed by atoms with Gasteiger partial charge in [-0.05, 0) is 18.4 Å². The molecule has 0 radical (unpaired) electrons. The number of thioether (sulfide) groups is 1. The zero-order valence-corrected chi connectivity index (χ0v) is 10.3. The van der Waals surface area contributed by atoms with Crippen LogP contribution in [0.5, 0.6) is 0 Å². The van der Waals surface area contributed by atoms with Gasteiger partial charge in [-0.15, -0.1) is 11.8 Å². The van der Waals surface area contributed by atoms with Crippen LogP contribution in [0.3, 0.4) is 0 Å². The minimum atomic E-state index is 0.933. The fraction of sp³-hybridized carbons (Fsp3) is 0.0714. The van der Waals surface area contributed by atoms with E-state index in [9.17, 15) is 0 Å². The Bertz CT molecular complexity index is 644. The maximum atomic E-state index is 4.62. The van der Waals surface area contributed by atoms with Crippen LogP contribution < -0.4 is 0 Å². The minimum absolute atomic E-state index is 0.933. The van der Waals surface area contributed by atoms with E-state index in [1.54, 1.807) is 11.8 Å². The molecule has 0 aliphatic carbocycles. The molecule has 84 valence electrons. The molecule has 3 rings (SSSR count). The smallest absolute Gasteiger partial charge is 0.138 e. The molecule has 0 fully saturated rings. The van der Waals surface area contributed by atoms with Crippen LogP contribution in [-0.4, -0.2) is 16.2 Å². The molecule has 0 amide bonds. The maximum Gasteiger partial charge on any atom is 0.138 e. The summed E-state index contributed by atoms with van der Waals surface area (Å²) in [7, 11) is 0. The number of benzene rings is 2. The van der Waals surface area contributed by atoms with Gasteiger partial charge in [-0.1, -0.05) is 36.4 Å². The van der Waals surface area contributed by atoms with E-state index in [4.69, 9.17) is 0 Å². The van der Waals surface area contributed by atoms with Crippen molar-refractivity contribution in [3.8, 4) is 11.4 Å². The summed E-state index contributed by atoms with van der Waals surface area (Å²) in [5, 5.41) is 0. The van der Waals surface area contributed by atoms with Crippen molar-refractivity contribution in [1.82, 2.24) is 9.97 Å². The van der Waals surface area contributed by atoms with Crippen molar-refractivity contribution in [3.05, 3.63) is 48.5 Å². The topological polar surface area (TPSA) is 28.7 Å². The van der Waals surface area contributed by atoms with Gasteiger partial charge in [0.05, 0.1) is 11.0 Å². The molecule has 1 aromatic heterocycles. The predicted molar refractivity (Wildman–Crippen MR) is 73.3 cm³/mol. The second kappa shape index (κ2) is 4.26. The summed E-state index contributed by atoms with van der Waals surface area (Å²) in [6.45, 7) is 0. The Labute approximate surface area is 104 Å². The number of hydrogen-bond acceptors (Lipinski definition) is 2. The third-order valence-corrected chi connectivity index (χ3v) is 3.53. The van der Waals surface area contributed by atoms with Gasteiger partial charge in [-0.25, -0.2) is 4.98 Å². The van der Waals surface area contributed by atoms with Crippen LogP contribution in [0.4, 0.5) is 0 Å². The number of imidazole rings is 1. The van der Waals surface area contributed by atoms with Crippen molar-refractivity contribution in [3.63, 3.8) is 0 Å². The van der Waals surface area contributed by atoms with Crippen molar-refractivity contribution >= 4 is 22.8 Å². The van der Waals surface area contributed by atoms with E-state index in [0.717, 1.165) is 22.4 Å². The molecule has 0 aliphatic rings. The van der Waals surface area contributed by atoms with E-state index < -0.39 is 0 Å². The summed E-state index contributed by atoms with van der Waals surface area (Å²) < 4.78 is 0. The van der Waals surface area contributed by atoms with Crippen LogP contribution in [0.15, 0.2) is 53.4 Å². The highest BCUT2D eigenvalue weighted by molar-refractivity contribution is 7.98. The van der Waals surface area contributed by atoms with Gasteiger partial charge >= 0.3 is 0 Å². The first-order valence-corrected chi connectivity index (χ1v) is 6.69. The molecule has 3 heteroatoms. The highest BCUT2D eigenvalue weighted by Gasteiger charge is 2.07. The normalized spacial score (nSPS) is 10.9. The Hall–Kier alpha value is -1.74. The summed E-state index contributed by atoms with van der Waals surface area (Å²) in [6.07, 6.45) is 2.08. The second-order valence-electron chi connectivity index (χ2n) is 3.81. The second-order valence-corrected chi connectivity index (χ2v) is 4.65. The molecule has 0 saturated carbocycles. The Morgan fingerprint density at radius 1 is 1.00 bits per heavy atom. The van der Waals surface area contributed by atoms with Crippen molar-refractivity contribution in [2.75, 3.05) is 6.26 Å². The van der Waals surface area contributed by atoms with Crippen molar-refractivity contribution in [2.45, 2.75) is 4.90 Å². The molecular formula is C14H12N2S. The number of hydrogen-bond donors (Lipinski definition) is 1. The van der Waals surface area contributed by atoms with Crippen molar-refractivity contribution in [2.24, 2.45) is 0 Å². The molecule has 2 nitrogen and oxygen atoms in total. The van der Waals surface area contributed by atoms with Crippen molar-refractivity contribution in [1.29, 1.82) is 0 Å². The number of nitrogens with one attached hydrogen (secondary N) is 1. The molecule has 1 N–H and O–H groups in total. The lowest BCUT2D eigenvalue weighted by Crippen LogP contribution is -1.78. The fourth-order valence-electron chi connectivity index (χ4n) is 1.91. The molecule has 0 unspecified atom stereocenters. The number of H-pyrrole nitrogens is 1. The Balaban J connectivity index is 2.20. The molecule has 2 aromatic carbocycles. The zero-order valence-electron chi connectivity index (χ0n) is 9.47. The van der Waals surface area contributed by atoms with E-state index in [1.807, 2.05) is 30.3 Å². The van der Waals surface area contributed by atoms with E-state index in [-0.39, 0.29) is 0 Å². The summed E-state index contributed by atoms with van der Waals surface area (Å²) >= 11 is 1.74. The highest BCUT2D eigenvalue weighted by Crippen LogP contribution is 2.27. The average Bonchev–Trinajstić information content (AvgIpc) is 2.83. The predicted octanol–water partition coefficient (Wildman–Crippen LogP) is 3.95. The van der Waals surface area contributed by atoms with Gasteiger partial charge in [-0.3, -0.25) is 0 Å². The quantitative estimate of drug-likeness (QED) is 0.687. The molecular weight excluding hydrogens is 228 g/mol. The maximum absolute atomic E-state index is 4.62. The molecule has 1 heterocycles. The standard InChI is InChI=1S/C14H12N2S/c1-17-12-9-5-8-11-13(12)16-14(15-11)10-6-3-2-4-7-10/h2-9H,1H3,(H,15,16). The van der Waals surface area contributed by atoms with Crippen LogP contribution in [0.1, 0.15) is 0 Å². The molecule has 0 bridgehead atoms. The molecule has 0 saturated heterocycles. The lowest BCUT2D eigenvalue weighted by Gasteiger charge is -1.96. The van der Waals surface area contributed by atoms with Gasteiger partial charge in [-0.2, -0.15) is 0 Å². The lowest BCUT2D eigenvalue weighted by molar-refractivity contribution is 1.33. The number of aromatic amines is 1. The number of nitrogens with zero attached hydrogens (tertiary/aromatic N) is 1. The lowest BCUT2D eigenvalue weighted by atomic mass is 10.2. The summed E-state index contributed by atoms with van der Waals surface area (Å²) in [6, 6.07) is 16.4. The number of para-hydroxylation sites is 1. The largest absolute Gasteiger partial charge is 0.337 e. The van der Waals surface area contributed by atoms with Gasteiger partial charge in [0.25, 0.3) is 0 Å². The van der Waals surface area contributed by atoms with Crippen LogP contribution in [0.2, 0.25) is 0 Å². The van der Waals surface area contributed by atoms with Gasteiger partial charge in [0.15, 0.2) is 0 Å². The number of aromatic nitrogens is 2. The highest BCUT2D eigenvalue weighted by atomic mass is 32.2. The molecule has 0 aliphatic heterocycles. The SMILES string of the molecule is CSc1cccc2nc(-c3ccccc3)[nH]c12. The van der Waals surface area contributed by atoms with Crippen LogP contribution in [0, 0.1) is 0 Å². The Kier molecular flexibility index (Phi) is 2.61. The summed E-state index contributed by atoms with van der Waals surface area (Å²) in [5.41, 5.74) is 3.27. The number of rotatable bonds is 2. The molecule has 0 spiro atoms. The minimum Gasteiger partial charge on any atom is -0.337 e. The van der Waals surface area contributed by atoms with E-state index in [1.165, 1.54) is 4.90 Å². The van der Waals surface area contributed by atoms with Crippen LogP contribution >= 0.6 is 11.8 Å². The molecule has 0 atom stereocenters. The first-order chi connectivity index (χ1) is 8.38. The van der Waals surface area contributed by atoms with Gasteiger partial charge in [0.2, 0.25) is 0 Å². The average molecular weight is 240 g/mol. The summed E-state index contributed by atoms with van der Waals surface area (Å²) in [5.74, 6) is 0.933. The van der Waals surface area contributed by atoms with Crippen molar-refractivity contribution < 1.29 is 0 Å². The first-order valence-electron chi connectivity index (χ1n) is 5.46. The van der Waals surface area contributed by atoms with E-state index in [2.05, 4.69) is 34.4 Å². The monoisotopic (exact) mass is 240 g/mol. The number of fused-ring (bicyclic) bond motifs is 1. The molecule has 3 aromatic rings.